The fourth-order valence-corrected chi connectivity index (χ4v) is 4.20. The van der Waals surface area contributed by atoms with Gasteiger partial charge in [-0.25, -0.2) is 0 Å². The van der Waals surface area contributed by atoms with Crippen LogP contribution in [0.1, 0.15) is 41.1 Å². The first-order valence-corrected chi connectivity index (χ1v) is 8.07. The molecule has 0 aromatic carbocycles. The zero-order valence-corrected chi connectivity index (χ0v) is 12.9. The van der Waals surface area contributed by atoms with Crippen LogP contribution in [0.4, 0.5) is 0 Å². The van der Waals surface area contributed by atoms with E-state index in [2.05, 4.69) is 26.1 Å². The van der Waals surface area contributed by atoms with E-state index in [9.17, 15) is 4.79 Å². The Morgan fingerprint density at radius 3 is 2.89 bits per heavy atom. The molecule has 0 saturated carbocycles. The summed E-state index contributed by atoms with van der Waals surface area (Å²) < 4.78 is 0. The van der Waals surface area contributed by atoms with Crippen LogP contribution in [-0.2, 0) is 10.5 Å². The Kier molecular flexibility index (Phi) is 4.17. The Morgan fingerprint density at radius 2 is 2.22 bits per heavy atom. The van der Waals surface area contributed by atoms with Crippen molar-refractivity contribution in [2.45, 2.75) is 45.9 Å². The molecular formula is C14H19NOS2. The summed E-state index contributed by atoms with van der Waals surface area (Å²) in [5.41, 5.74) is 2.79. The molecule has 0 bridgehead atoms. The molecule has 1 aliphatic heterocycles. The van der Waals surface area contributed by atoms with E-state index < -0.39 is 0 Å². The molecule has 0 radical (unpaired) electrons. The van der Waals surface area contributed by atoms with Crippen molar-refractivity contribution < 1.29 is 4.79 Å². The molecule has 1 aromatic rings. The maximum atomic E-state index is 12.1. The highest BCUT2D eigenvalue weighted by atomic mass is 32.2. The minimum atomic E-state index is 0.0729. The lowest BCUT2D eigenvalue weighted by Crippen LogP contribution is -2.32. The summed E-state index contributed by atoms with van der Waals surface area (Å²) in [5.74, 6) is 0.995. The molecule has 2 rings (SSSR count). The second-order valence-corrected chi connectivity index (χ2v) is 6.98. The third-order valence-corrected chi connectivity index (χ3v) is 5.63. The molecule has 0 fully saturated rings. The standard InChI is InChI=1S/C14H19NOS2/c1-5-8(2)15-14(16)13-6-12-11(7-17-13)9(3)10(4)18-12/h6,8H,5,7H2,1-4H3,(H,15,16). The van der Waals surface area contributed by atoms with Crippen LogP contribution in [0.2, 0.25) is 0 Å². The molecule has 2 nitrogen and oxygen atoms in total. The Labute approximate surface area is 117 Å². The van der Waals surface area contributed by atoms with Crippen LogP contribution in [0.15, 0.2) is 4.91 Å². The van der Waals surface area contributed by atoms with E-state index in [0.717, 1.165) is 17.1 Å². The lowest BCUT2D eigenvalue weighted by Gasteiger charge is -2.16. The number of fused-ring (bicyclic) bond motifs is 1. The number of thiophene rings is 1. The van der Waals surface area contributed by atoms with Gasteiger partial charge < -0.3 is 5.32 Å². The van der Waals surface area contributed by atoms with Crippen molar-refractivity contribution in [3.8, 4) is 0 Å². The highest BCUT2D eigenvalue weighted by Gasteiger charge is 2.21. The molecule has 1 N–H and O–H groups in total. The van der Waals surface area contributed by atoms with E-state index in [1.165, 1.54) is 20.9 Å². The van der Waals surface area contributed by atoms with Gasteiger partial charge in [0.25, 0.3) is 5.91 Å². The van der Waals surface area contributed by atoms with Crippen LogP contribution in [0.25, 0.3) is 6.08 Å². The number of aryl methyl sites for hydroxylation is 1. The molecule has 1 aromatic heterocycles. The number of nitrogens with one attached hydrogen (secondary N) is 1. The smallest absolute Gasteiger partial charge is 0.257 e. The molecule has 1 atom stereocenters. The van der Waals surface area contributed by atoms with Crippen LogP contribution in [0.3, 0.4) is 0 Å². The van der Waals surface area contributed by atoms with Gasteiger partial charge in [0, 0.05) is 21.5 Å². The van der Waals surface area contributed by atoms with Crippen molar-refractivity contribution >= 4 is 35.1 Å². The number of thioether (sulfide) groups is 1. The number of carbonyl (C=O) groups excluding carboxylic acids is 1. The van der Waals surface area contributed by atoms with E-state index in [-0.39, 0.29) is 11.9 Å². The number of rotatable bonds is 3. The van der Waals surface area contributed by atoms with Crippen LogP contribution >= 0.6 is 23.1 Å². The quantitative estimate of drug-likeness (QED) is 0.911. The first kappa shape index (κ1) is 13.7. The zero-order valence-electron chi connectivity index (χ0n) is 11.3. The highest BCUT2D eigenvalue weighted by molar-refractivity contribution is 8.03. The van der Waals surface area contributed by atoms with Gasteiger partial charge in [0.2, 0.25) is 0 Å². The Hall–Kier alpha value is -0.740. The highest BCUT2D eigenvalue weighted by Crippen LogP contribution is 2.39. The number of amides is 1. The van der Waals surface area contributed by atoms with Gasteiger partial charge in [-0.1, -0.05) is 6.92 Å². The number of hydrogen-bond donors (Lipinski definition) is 1. The van der Waals surface area contributed by atoms with Gasteiger partial charge in [-0.15, -0.1) is 23.1 Å². The lowest BCUT2D eigenvalue weighted by molar-refractivity contribution is -0.117. The molecule has 0 saturated heterocycles. The van der Waals surface area contributed by atoms with E-state index >= 15 is 0 Å². The summed E-state index contributed by atoms with van der Waals surface area (Å²) in [6.07, 6.45) is 3.01. The third kappa shape index (κ3) is 2.64. The SMILES string of the molecule is CCC(C)NC(=O)C1=Cc2sc(C)c(C)c2CS1. The van der Waals surface area contributed by atoms with E-state index in [0.29, 0.717) is 0 Å². The Bertz CT molecular complexity index is 502. The number of hydrogen-bond acceptors (Lipinski definition) is 3. The van der Waals surface area contributed by atoms with Crippen molar-refractivity contribution in [1.29, 1.82) is 0 Å². The van der Waals surface area contributed by atoms with Crippen LogP contribution in [0.5, 0.6) is 0 Å². The minimum Gasteiger partial charge on any atom is -0.349 e. The summed E-state index contributed by atoms with van der Waals surface area (Å²) in [4.78, 5) is 15.5. The summed E-state index contributed by atoms with van der Waals surface area (Å²) in [7, 11) is 0. The fraction of sp³-hybridized carbons (Fsp3) is 0.500. The lowest BCUT2D eigenvalue weighted by atomic mass is 10.1. The second kappa shape index (κ2) is 5.49. The summed E-state index contributed by atoms with van der Waals surface area (Å²) in [5, 5.41) is 3.03. The summed E-state index contributed by atoms with van der Waals surface area (Å²) in [6.45, 7) is 8.44. The van der Waals surface area contributed by atoms with Gasteiger partial charge in [-0.2, -0.15) is 0 Å². The normalized spacial score (nSPS) is 15.9. The molecule has 1 unspecified atom stereocenters. The van der Waals surface area contributed by atoms with Gasteiger partial charge in [-0.3, -0.25) is 4.79 Å². The van der Waals surface area contributed by atoms with Crippen molar-refractivity contribution in [3.63, 3.8) is 0 Å². The van der Waals surface area contributed by atoms with Gasteiger partial charge in [0.05, 0.1) is 4.91 Å². The molecule has 1 aliphatic rings. The predicted molar refractivity (Wildman–Crippen MR) is 81.0 cm³/mol. The Morgan fingerprint density at radius 1 is 1.50 bits per heavy atom. The fourth-order valence-electron chi connectivity index (χ4n) is 1.84. The molecule has 1 amide bonds. The molecule has 2 heterocycles. The van der Waals surface area contributed by atoms with Crippen LogP contribution in [0, 0.1) is 13.8 Å². The number of carbonyl (C=O) groups is 1. The van der Waals surface area contributed by atoms with Gasteiger partial charge in [0.1, 0.15) is 0 Å². The zero-order chi connectivity index (χ0) is 13.3. The van der Waals surface area contributed by atoms with Gasteiger partial charge in [0.15, 0.2) is 0 Å². The van der Waals surface area contributed by atoms with Crippen LogP contribution in [-0.4, -0.2) is 11.9 Å². The van der Waals surface area contributed by atoms with E-state index in [4.69, 9.17) is 0 Å². The van der Waals surface area contributed by atoms with Gasteiger partial charge in [-0.05, 0) is 44.4 Å². The summed E-state index contributed by atoms with van der Waals surface area (Å²) >= 11 is 3.44. The molecule has 18 heavy (non-hydrogen) atoms. The summed E-state index contributed by atoms with van der Waals surface area (Å²) in [6, 6.07) is 0.243. The van der Waals surface area contributed by atoms with Crippen LogP contribution < -0.4 is 5.32 Å². The van der Waals surface area contributed by atoms with Crippen molar-refractivity contribution in [3.05, 3.63) is 25.8 Å². The molecule has 0 spiro atoms. The molecule has 4 heteroatoms. The topological polar surface area (TPSA) is 29.1 Å². The minimum absolute atomic E-state index is 0.0729. The first-order valence-electron chi connectivity index (χ1n) is 6.27. The largest absolute Gasteiger partial charge is 0.349 e. The van der Waals surface area contributed by atoms with Crippen molar-refractivity contribution in [2.24, 2.45) is 0 Å². The molecule has 0 aliphatic carbocycles. The second-order valence-electron chi connectivity index (χ2n) is 4.71. The van der Waals surface area contributed by atoms with Crippen molar-refractivity contribution in [2.75, 3.05) is 0 Å². The third-order valence-electron chi connectivity index (χ3n) is 3.39. The maximum Gasteiger partial charge on any atom is 0.257 e. The average Bonchev–Trinajstić information content (AvgIpc) is 2.64. The van der Waals surface area contributed by atoms with Gasteiger partial charge >= 0.3 is 0 Å². The Balaban J connectivity index is 2.20. The van der Waals surface area contributed by atoms with Crippen molar-refractivity contribution in [1.82, 2.24) is 5.32 Å². The molecule has 98 valence electrons. The average molecular weight is 281 g/mol. The van der Waals surface area contributed by atoms with E-state index in [1.807, 2.05) is 13.0 Å². The predicted octanol–water partition coefficient (Wildman–Crippen LogP) is 3.87. The first-order chi connectivity index (χ1) is 8.52. The maximum absolute atomic E-state index is 12.1. The molecular weight excluding hydrogens is 262 g/mol. The monoisotopic (exact) mass is 281 g/mol. The van der Waals surface area contributed by atoms with E-state index in [1.54, 1.807) is 23.1 Å².